The fourth-order valence-corrected chi connectivity index (χ4v) is 5.72. The zero-order valence-electron chi connectivity index (χ0n) is 24.8. The van der Waals surface area contributed by atoms with Gasteiger partial charge in [0.05, 0.1) is 18.8 Å². The molecular formula is C38H36F2O4. The summed E-state index contributed by atoms with van der Waals surface area (Å²) in [6.45, 7) is 4.53. The fraction of sp³-hybridized carbons (Fsp3) is 0.237. The van der Waals surface area contributed by atoms with Crippen LogP contribution in [-0.2, 0) is 28.8 Å². The van der Waals surface area contributed by atoms with E-state index in [1.807, 2.05) is 25.1 Å². The third-order valence-corrected chi connectivity index (χ3v) is 8.27. The quantitative estimate of drug-likeness (QED) is 0.106. The molecule has 0 fully saturated rings. The van der Waals surface area contributed by atoms with E-state index in [1.165, 1.54) is 16.7 Å². The molecule has 44 heavy (non-hydrogen) atoms. The molecule has 0 heterocycles. The summed E-state index contributed by atoms with van der Waals surface area (Å²) in [5.41, 5.74) is 8.16. The Bertz CT molecular complexity index is 1710. The first kappa shape index (κ1) is 31.0. The number of aryl methyl sites for hydroxylation is 3. The largest absolute Gasteiger partial charge is 0.462 e. The average Bonchev–Trinajstić information content (AvgIpc) is 3.05. The number of fused-ring (bicyclic) bond motifs is 3. The number of esters is 1. The van der Waals surface area contributed by atoms with Gasteiger partial charge >= 0.3 is 5.97 Å². The van der Waals surface area contributed by atoms with Crippen LogP contribution in [0.25, 0.3) is 33.4 Å². The number of benzene rings is 4. The van der Waals surface area contributed by atoms with Gasteiger partial charge in [0, 0.05) is 17.0 Å². The molecule has 0 saturated carbocycles. The van der Waals surface area contributed by atoms with Crippen LogP contribution in [0, 0.1) is 11.6 Å². The van der Waals surface area contributed by atoms with Gasteiger partial charge in [0.25, 0.3) is 0 Å². The van der Waals surface area contributed by atoms with Crippen molar-refractivity contribution in [2.24, 2.45) is 0 Å². The number of halogens is 2. The van der Waals surface area contributed by atoms with Gasteiger partial charge in [-0.3, -0.25) is 0 Å². The van der Waals surface area contributed by atoms with Gasteiger partial charge in [0.1, 0.15) is 6.61 Å². The Hall–Kier alpha value is -4.39. The van der Waals surface area contributed by atoms with Crippen molar-refractivity contribution in [1.29, 1.82) is 0 Å². The topological polar surface area (TPSA) is 66.8 Å². The van der Waals surface area contributed by atoms with Crippen molar-refractivity contribution in [2.75, 3.05) is 19.8 Å². The third kappa shape index (κ3) is 6.57. The first-order chi connectivity index (χ1) is 21.3. The van der Waals surface area contributed by atoms with Gasteiger partial charge < -0.3 is 14.9 Å². The minimum atomic E-state index is -0.932. The smallest absolute Gasteiger partial charge is 0.335 e. The number of aliphatic hydroxyl groups is 2. The maximum Gasteiger partial charge on any atom is 0.335 e. The predicted octanol–water partition coefficient (Wildman–Crippen LogP) is 7.74. The summed E-state index contributed by atoms with van der Waals surface area (Å²) in [5.74, 6) is -3.10. The van der Waals surface area contributed by atoms with E-state index in [4.69, 9.17) is 9.84 Å². The zero-order chi connectivity index (χ0) is 31.2. The molecule has 0 bridgehead atoms. The number of carbonyl (C=O) groups excluding carboxylic acids is 1. The lowest BCUT2D eigenvalue weighted by Gasteiger charge is -2.22. The van der Waals surface area contributed by atoms with Crippen molar-refractivity contribution in [3.63, 3.8) is 0 Å². The van der Waals surface area contributed by atoms with Gasteiger partial charge in [-0.25, -0.2) is 13.6 Å². The molecule has 1 aliphatic carbocycles. The second-order valence-electron chi connectivity index (χ2n) is 11.1. The molecule has 0 aromatic heterocycles. The Morgan fingerprint density at radius 2 is 1.45 bits per heavy atom. The summed E-state index contributed by atoms with van der Waals surface area (Å²) in [6, 6.07) is 22.4. The van der Waals surface area contributed by atoms with E-state index in [9.17, 15) is 9.90 Å². The molecule has 0 aliphatic heterocycles. The monoisotopic (exact) mass is 594 g/mol. The van der Waals surface area contributed by atoms with E-state index in [2.05, 4.69) is 36.9 Å². The van der Waals surface area contributed by atoms with E-state index >= 15 is 8.78 Å². The lowest BCUT2D eigenvalue weighted by atomic mass is 9.83. The molecule has 1 unspecified atom stereocenters. The summed E-state index contributed by atoms with van der Waals surface area (Å²) in [5, 5.41) is 18.8. The molecule has 0 amide bonds. The highest BCUT2D eigenvalue weighted by Gasteiger charge is 2.21. The van der Waals surface area contributed by atoms with Gasteiger partial charge in [-0.2, -0.15) is 0 Å². The van der Waals surface area contributed by atoms with Crippen LogP contribution in [0.4, 0.5) is 8.78 Å². The Morgan fingerprint density at radius 1 is 0.864 bits per heavy atom. The van der Waals surface area contributed by atoms with Crippen LogP contribution in [0.2, 0.25) is 0 Å². The summed E-state index contributed by atoms with van der Waals surface area (Å²) < 4.78 is 36.1. The van der Waals surface area contributed by atoms with Gasteiger partial charge in [-0.05, 0) is 77.1 Å². The number of aliphatic hydroxyl groups excluding tert-OH is 2. The Balaban J connectivity index is 1.34. The summed E-state index contributed by atoms with van der Waals surface area (Å²) in [7, 11) is 0. The standard InChI is InChI=1S/C38H36F2O4/c1-3-4-5-6-25-7-15-32-28(19-25)12-13-29-20-30(14-16-33(29)32)35-18-17-34(36(39)37(35)40)27-10-8-26(9-11-27)31(22-42)23-44-38(43)24(2)21-41/h3-4,7-11,14-20,31,41-42H,2,5-6,12-13,21-23H2,1H3/b4-3+. The minimum absolute atomic E-state index is 0.0801. The van der Waals surface area contributed by atoms with E-state index in [1.54, 1.807) is 36.4 Å². The number of ether oxygens (including phenoxy) is 1. The highest BCUT2D eigenvalue weighted by atomic mass is 19.2. The molecule has 6 heteroatoms. The van der Waals surface area contributed by atoms with Crippen molar-refractivity contribution < 1.29 is 28.5 Å². The van der Waals surface area contributed by atoms with Crippen LogP contribution in [-0.4, -0.2) is 36.0 Å². The molecule has 4 aromatic rings. The van der Waals surface area contributed by atoms with Crippen molar-refractivity contribution in [1.82, 2.24) is 0 Å². The molecular weight excluding hydrogens is 558 g/mol. The average molecular weight is 595 g/mol. The molecule has 1 aliphatic rings. The predicted molar refractivity (Wildman–Crippen MR) is 170 cm³/mol. The van der Waals surface area contributed by atoms with Crippen molar-refractivity contribution in [3.8, 4) is 33.4 Å². The van der Waals surface area contributed by atoms with Crippen molar-refractivity contribution in [3.05, 3.63) is 131 Å². The Labute approximate surface area is 257 Å². The molecule has 226 valence electrons. The Morgan fingerprint density at radius 3 is 2.09 bits per heavy atom. The second kappa shape index (κ2) is 13.9. The molecule has 0 spiro atoms. The van der Waals surface area contributed by atoms with Crippen molar-refractivity contribution in [2.45, 2.75) is 38.5 Å². The van der Waals surface area contributed by atoms with E-state index in [0.717, 1.165) is 36.8 Å². The highest BCUT2D eigenvalue weighted by molar-refractivity contribution is 5.88. The van der Waals surface area contributed by atoms with E-state index < -0.39 is 30.1 Å². The zero-order valence-corrected chi connectivity index (χ0v) is 24.8. The molecule has 0 radical (unpaired) electrons. The van der Waals surface area contributed by atoms with Gasteiger partial charge in [0.15, 0.2) is 11.6 Å². The van der Waals surface area contributed by atoms with Gasteiger partial charge in [-0.1, -0.05) is 91.5 Å². The molecule has 4 aromatic carbocycles. The number of allylic oxidation sites excluding steroid dienone is 2. The van der Waals surface area contributed by atoms with Crippen LogP contribution in [0.5, 0.6) is 0 Å². The molecule has 4 nitrogen and oxygen atoms in total. The minimum Gasteiger partial charge on any atom is -0.462 e. The highest BCUT2D eigenvalue weighted by Crippen LogP contribution is 2.38. The first-order valence-electron chi connectivity index (χ1n) is 14.9. The van der Waals surface area contributed by atoms with Gasteiger partial charge in [0.2, 0.25) is 0 Å². The lowest BCUT2D eigenvalue weighted by molar-refractivity contribution is -0.140. The Kier molecular flexibility index (Phi) is 9.83. The molecule has 2 N–H and O–H groups in total. The van der Waals surface area contributed by atoms with Crippen LogP contribution in [0.3, 0.4) is 0 Å². The summed E-state index contributed by atoms with van der Waals surface area (Å²) in [6.07, 6.45) is 8.04. The van der Waals surface area contributed by atoms with Crippen LogP contribution in [0.1, 0.15) is 41.5 Å². The number of rotatable bonds is 11. The molecule has 1 atom stereocenters. The van der Waals surface area contributed by atoms with Gasteiger partial charge in [-0.15, -0.1) is 0 Å². The number of hydrogen-bond acceptors (Lipinski definition) is 4. The summed E-state index contributed by atoms with van der Waals surface area (Å²) >= 11 is 0. The van der Waals surface area contributed by atoms with Crippen molar-refractivity contribution >= 4 is 5.97 Å². The molecule has 5 rings (SSSR count). The van der Waals surface area contributed by atoms with E-state index in [-0.39, 0.29) is 29.9 Å². The van der Waals surface area contributed by atoms with Crippen LogP contribution >= 0.6 is 0 Å². The lowest BCUT2D eigenvalue weighted by Crippen LogP contribution is -2.17. The normalized spacial score (nSPS) is 12.9. The maximum atomic E-state index is 15.5. The number of hydrogen-bond donors (Lipinski definition) is 2. The SMILES string of the molecule is C=C(CO)C(=O)OCC(CO)c1ccc(-c2ccc(-c3ccc4c(c3)CCc3cc(CC/C=C/C)ccc3-4)c(F)c2F)cc1. The third-order valence-electron chi connectivity index (χ3n) is 8.27. The molecule has 0 saturated heterocycles. The first-order valence-corrected chi connectivity index (χ1v) is 14.9. The van der Waals surface area contributed by atoms with E-state index in [0.29, 0.717) is 16.7 Å². The van der Waals surface area contributed by atoms with Crippen LogP contribution in [0.15, 0.2) is 97.1 Å². The number of carbonyl (C=O) groups is 1. The van der Waals surface area contributed by atoms with Crippen LogP contribution < -0.4 is 0 Å². The maximum absolute atomic E-state index is 15.5. The fourth-order valence-electron chi connectivity index (χ4n) is 5.72. The summed E-state index contributed by atoms with van der Waals surface area (Å²) in [4.78, 5) is 11.8. The second-order valence-corrected chi connectivity index (χ2v) is 11.1.